The Bertz CT molecular complexity index is 804. The number of benzene rings is 2. The summed E-state index contributed by atoms with van der Waals surface area (Å²) < 4.78 is 38.1. The van der Waals surface area contributed by atoms with Gasteiger partial charge in [-0.2, -0.15) is 0 Å². The van der Waals surface area contributed by atoms with Gasteiger partial charge in [0.1, 0.15) is 5.82 Å². The molecule has 5 nitrogen and oxygen atoms in total. The highest BCUT2D eigenvalue weighted by Crippen LogP contribution is 2.23. The summed E-state index contributed by atoms with van der Waals surface area (Å²) in [5.41, 5.74) is 1.36. The molecular formula is C16H17FN2O3S. The van der Waals surface area contributed by atoms with Crippen molar-refractivity contribution in [3.05, 3.63) is 65.5 Å². The van der Waals surface area contributed by atoms with Gasteiger partial charge in [0.2, 0.25) is 10.0 Å². The summed E-state index contributed by atoms with van der Waals surface area (Å²) in [4.78, 5) is 12.2. The Morgan fingerprint density at radius 1 is 1.09 bits per heavy atom. The van der Waals surface area contributed by atoms with Crippen LogP contribution in [-0.4, -0.2) is 20.6 Å². The van der Waals surface area contributed by atoms with Gasteiger partial charge in [0.25, 0.3) is 5.91 Å². The van der Waals surface area contributed by atoms with Gasteiger partial charge in [0.05, 0.1) is 18.0 Å². The molecule has 2 N–H and O–H groups in total. The maximum atomic E-state index is 12.9. The molecule has 0 heterocycles. The third kappa shape index (κ3) is 4.79. The first-order valence-electron chi connectivity index (χ1n) is 6.89. The summed E-state index contributed by atoms with van der Waals surface area (Å²) in [7, 11) is -3.42. The van der Waals surface area contributed by atoms with Gasteiger partial charge in [-0.15, -0.1) is 0 Å². The molecule has 0 spiro atoms. The molecule has 0 saturated carbocycles. The van der Waals surface area contributed by atoms with E-state index in [2.05, 4.69) is 10.0 Å². The van der Waals surface area contributed by atoms with Gasteiger partial charge in [-0.05, 0) is 42.8 Å². The van der Waals surface area contributed by atoms with Gasteiger partial charge < -0.3 is 5.32 Å². The first-order valence-corrected chi connectivity index (χ1v) is 8.78. The molecule has 0 aliphatic rings. The van der Waals surface area contributed by atoms with Crippen LogP contribution in [0.1, 0.15) is 28.9 Å². The van der Waals surface area contributed by atoms with E-state index in [0.29, 0.717) is 16.8 Å². The SMILES string of the molecule is C[C@@H](NC(=O)c1ccc(F)cc1)c1ccccc1NS(C)(=O)=O. The van der Waals surface area contributed by atoms with E-state index in [1.807, 2.05) is 0 Å². The lowest BCUT2D eigenvalue weighted by Crippen LogP contribution is -2.27. The average Bonchev–Trinajstić information content (AvgIpc) is 2.46. The Morgan fingerprint density at radius 2 is 1.70 bits per heavy atom. The second-order valence-electron chi connectivity index (χ2n) is 5.16. The van der Waals surface area contributed by atoms with Gasteiger partial charge in [-0.3, -0.25) is 9.52 Å². The van der Waals surface area contributed by atoms with Crippen molar-refractivity contribution in [1.82, 2.24) is 5.32 Å². The molecule has 0 fully saturated rings. The standard InChI is InChI=1S/C16H17FN2O3S/c1-11(18-16(20)12-7-9-13(17)10-8-12)14-5-3-4-6-15(14)19-23(2,21)22/h3-11,19H,1-2H3,(H,18,20)/t11-/m1/s1. The Morgan fingerprint density at radius 3 is 2.30 bits per heavy atom. The predicted octanol–water partition coefficient (Wildman–Crippen LogP) is 2.69. The lowest BCUT2D eigenvalue weighted by atomic mass is 10.1. The van der Waals surface area contributed by atoms with Crippen LogP contribution in [-0.2, 0) is 10.0 Å². The van der Waals surface area contributed by atoms with E-state index in [1.165, 1.54) is 24.3 Å². The van der Waals surface area contributed by atoms with Crippen LogP contribution in [0.4, 0.5) is 10.1 Å². The van der Waals surface area contributed by atoms with Crippen LogP contribution in [0, 0.1) is 5.82 Å². The van der Waals surface area contributed by atoms with Gasteiger partial charge >= 0.3 is 0 Å². The number of sulfonamides is 1. The van der Waals surface area contributed by atoms with Crippen molar-refractivity contribution >= 4 is 21.6 Å². The molecule has 0 aliphatic heterocycles. The number of hydrogen-bond donors (Lipinski definition) is 2. The molecule has 0 unspecified atom stereocenters. The molecule has 2 rings (SSSR count). The van der Waals surface area contributed by atoms with E-state index < -0.39 is 21.9 Å². The molecule has 0 aromatic heterocycles. The molecular weight excluding hydrogens is 319 g/mol. The molecule has 1 amide bonds. The van der Waals surface area contributed by atoms with Crippen LogP contribution < -0.4 is 10.0 Å². The van der Waals surface area contributed by atoms with Crippen molar-refractivity contribution in [3.8, 4) is 0 Å². The molecule has 0 radical (unpaired) electrons. The Kier molecular flexibility index (Phi) is 5.00. The lowest BCUT2D eigenvalue weighted by Gasteiger charge is -2.18. The normalized spacial score (nSPS) is 12.5. The number of carbonyl (C=O) groups excluding carboxylic acids is 1. The van der Waals surface area contributed by atoms with Gasteiger partial charge in [0.15, 0.2) is 0 Å². The van der Waals surface area contributed by atoms with Crippen molar-refractivity contribution < 1.29 is 17.6 Å². The number of halogens is 1. The number of nitrogens with one attached hydrogen (secondary N) is 2. The summed E-state index contributed by atoms with van der Waals surface area (Å²) in [5.74, 6) is -0.788. The predicted molar refractivity (Wildman–Crippen MR) is 87.2 cm³/mol. The molecule has 7 heteroatoms. The number of carbonyl (C=O) groups is 1. The number of anilines is 1. The van der Waals surface area contributed by atoms with Crippen LogP contribution in [0.5, 0.6) is 0 Å². The zero-order valence-corrected chi connectivity index (χ0v) is 13.5. The average molecular weight is 336 g/mol. The minimum Gasteiger partial charge on any atom is -0.345 e. The smallest absolute Gasteiger partial charge is 0.251 e. The fourth-order valence-electron chi connectivity index (χ4n) is 2.13. The van der Waals surface area contributed by atoms with Crippen molar-refractivity contribution in [2.75, 3.05) is 11.0 Å². The first-order chi connectivity index (χ1) is 10.8. The van der Waals surface area contributed by atoms with E-state index in [4.69, 9.17) is 0 Å². The molecule has 0 saturated heterocycles. The topological polar surface area (TPSA) is 75.3 Å². The van der Waals surface area contributed by atoms with Crippen molar-refractivity contribution in [2.24, 2.45) is 0 Å². The highest BCUT2D eigenvalue weighted by molar-refractivity contribution is 7.92. The molecule has 23 heavy (non-hydrogen) atoms. The summed E-state index contributed by atoms with van der Waals surface area (Å²) in [6.45, 7) is 1.74. The third-order valence-corrected chi connectivity index (χ3v) is 3.77. The van der Waals surface area contributed by atoms with Crippen LogP contribution in [0.15, 0.2) is 48.5 Å². The molecule has 0 bridgehead atoms. The molecule has 2 aromatic carbocycles. The fourth-order valence-corrected chi connectivity index (χ4v) is 2.71. The molecule has 1 atom stereocenters. The highest BCUT2D eigenvalue weighted by atomic mass is 32.2. The zero-order valence-electron chi connectivity index (χ0n) is 12.7. The summed E-state index contributed by atoms with van der Waals surface area (Å²) in [5, 5.41) is 2.76. The maximum Gasteiger partial charge on any atom is 0.251 e. The van der Waals surface area contributed by atoms with Gasteiger partial charge in [0, 0.05) is 5.56 Å². The molecule has 2 aromatic rings. The van der Waals surface area contributed by atoms with Crippen LogP contribution in [0.3, 0.4) is 0 Å². The second kappa shape index (κ2) is 6.78. The van der Waals surface area contributed by atoms with E-state index in [0.717, 1.165) is 6.26 Å². The summed E-state index contributed by atoms with van der Waals surface area (Å²) >= 11 is 0. The van der Waals surface area contributed by atoms with E-state index >= 15 is 0 Å². The highest BCUT2D eigenvalue weighted by Gasteiger charge is 2.16. The largest absolute Gasteiger partial charge is 0.345 e. The van der Waals surface area contributed by atoms with Crippen molar-refractivity contribution in [1.29, 1.82) is 0 Å². The summed E-state index contributed by atoms with van der Waals surface area (Å²) in [6, 6.07) is 11.6. The van der Waals surface area contributed by atoms with E-state index in [9.17, 15) is 17.6 Å². The Labute approximate surface area is 134 Å². The lowest BCUT2D eigenvalue weighted by molar-refractivity contribution is 0.0940. The fraction of sp³-hybridized carbons (Fsp3) is 0.188. The maximum absolute atomic E-state index is 12.9. The number of rotatable bonds is 5. The number of amides is 1. The van der Waals surface area contributed by atoms with Crippen LogP contribution in [0.2, 0.25) is 0 Å². The minimum absolute atomic E-state index is 0.326. The second-order valence-corrected chi connectivity index (χ2v) is 6.91. The van der Waals surface area contributed by atoms with Crippen molar-refractivity contribution in [3.63, 3.8) is 0 Å². The van der Waals surface area contributed by atoms with E-state index in [-0.39, 0.29) is 5.91 Å². The monoisotopic (exact) mass is 336 g/mol. The Balaban J connectivity index is 2.19. The Hall–Kier alpha value is -2.41. The quantitative estimate of drug-likeness (QED) is 0.881. The number of para-hydroxylation sites is 1. The van der Waals surface area contributed by atoms with Gasteiger partial charge in [-0.25, -0.2) is 12.8 Å². The minimum atomic E-state index is -3.42. The van der Waals surface area contributed by atoms with Gasteiger partial charge in [-0.1, -0.05) is 18.2 Å². The first kappa shape index (κ1) is 17.0. The third-order valence-electron chi connectivity index (χ3n) is 3.18. The molecule has 0 aliphatic carbocycles. The summed E-state index contributed by atoms with van der Waals surface area (Å²) in [6.07, 6.45) is 1.06. The van der Waals surface area contributed by atoms with Crippen molar-refractivity contribution in [2.45, 2.75) is 13.0 Å². The van der Waals surface area contributed by atoms with Crippen LogP contribution in [0.25, 0.3) is 0 Å². The van der Waals surface area contributed by atoms with Crippen LogP contribution >= 0.6 is 0 Å². The zero-order chi connectivity index (χ0) is 17.0. The molecule has 122 valence electrons. The van der Waals surface area contributed by atoms with E-state index in [1.54, 1.807) is 31.2 Å². The number of hydrogen-bond acceptors (Lipinski definition) is 3.